The minimum absolute atomic E-state index is 0.0194. The monoisotopic (exact) mass is 381 g/mol. The molecule has 140 valence electrons. The van der Waals surface area contributed by atoms with Gasteiger partial charge in [-0.05, 0) is 68.1 Å². The van der Waals surface area contributed by atoms with Crippen LogP contribution in [0.1, 0.15) is 29.9 Å². The number of para-hydroxylation sites is 1. The lowest BCUT2D eigenvalue weighted by molar-refractivity contribution is -0.117. The lowest BCUT2D eigenvalue weighted by Gasteiger charge is -2.31. The highest BCUT2D eigenvalue weighted by Crippen LogP contribution is 2.33. The average Bonchev–Trinajstić information content (AvgIpc) is 3.10. The molecule has 1 aliphatic rings. The molecular formula is C22H24ClN3O. The maximum atomic E-state index is 12.4. The molecule has 0 unspecified atom stereocenters. The smallest absolute Gasteiger partial charge is 0.238 e. The fourth-order valence-corrected chi connectivity index (χ4v) is 4.14. The summed E-state index contributed by atoms with van der Waals surface area (Å²) in [5.74, 6) is 0.571. The number of fused-ring (bicyclic) bond motifs is 1. The maximum absolute atomic E-state index is 12.4. The molecule has 0 atom stereocenters. The van der Waals surface area contributed by atoms with Gasteiger partial charge in [-0.2, -0.15) is 0 Å². The number of halogens is 1. The highest BCUT2D eigenvalue weighted by molar-refractivity contribution is 6.31. The molecule has 0 saturated carbocycles. The number of piperidine rings is 1. The number of aromatic amines is 1. The zero-order chi connectivity index (χ0) is 18.8. The zero-order valence-corrected chi connectivity index (χ0v) is 16.2. The second-order valence-corrected chi connectivity index (χ2v) is 7.71. The zero-order valence-electron chi connectivity index (χ0n) is 15.5. The predicted molar refractivity (Wildman–Crippen MR) is 112 cm³/mol. The third kappa shape index (κ3) is 3.87. The molecule has 0 spiro atoms. The first kappa shape index (κ1) is 18.1. The van der Waals surface area contributed by atoms with Crippen molar-refractivity contribution in [1.82, 2.24) is 9.88 Å². The number of hydrogen-bond acceptors (Lipinski definition) is 2. The van der Waals surface area contributed by atoms with E-state index in [1.807, 2.05) is 25.1 Å². The second kappa shape index (κ2) is 7.75. The van der Waals surface area contributed by atoms with E-state index in [2.05, 4.69) is 45.7 Å². The molecule has 2 N–H and O–H groups in total. The molecule has 27 heavy (non-hydrogen) atoms. The summed E-state index contributed by atoms with van der Waals surface area (Å²) in [6, 6.07) is 14.1. The summed E-state index contributed by atoms with van der Waals surface area (Å²) in [5.41, 5.74) is 4.31. The van der Waals surface area contributed by atoms with Crippen LogP contribution in [0, 0.1) is 6.92 Å². The van der Waals surface area contributed by atoms with Crippen LogP contribution in [0.2, 0.25) is 5.02 Å². The highest BCUT2D eigenvalue weighted by atomic mass is 35.5. The van der Waals surface area contributed by atoms with Gasteiger partial charge in [0.2, 0.25) is 5.91 Å². The van der Waals surface area contributed by atoms with Gasteiger partial charge in [0, 0.05) is 27.8 Å². The molecule has 0 aliphatic carbocycles. The van der Waals surface area contributed by atoms with Gasteiger partial charge in [-0.25, -0.2) is 0 Å². The lowest BCUT2D eigenvalue weighted by atomic mass is 9.89. The minimum Gasteiger partial charge on any atom is -0.361 e. The van der Waals surface area contributed by atoms with Gasteiger partial charge in [-0.3, -0.25) is 9.69 Å². The molecule has 4 nitrogen and oxygen atoms in total. The van der Waals surface area contributed by atoms with E-state index in [1.54, 1.807) is 0 Å². The van der Waals surface area contributed by atoms with Crippen LogP contribution in [0.4, 0.5) is 5.69 Å². The number of nitrogens with zero attached hydrogens (tertiary/aromatic N) is 1. The summed E-state index contributed by atoms with van der Waals surface area (Å²) < 4.78 is 0. The number of carbonyl (C=O) groups is 1. The van der Waals surface area contributed by atoms with Crippen LogP contribution in [-0.2, 0) is 4.79 Å². The average molecular weight is 382 g/mol. The minimum atomic E-state index is 0.0194. The molecule has 1 fully saturated rings. The summed E-state index contributed by atoms with van der Waals surface area (Å²) in [7, 11) is 0. The number of H-pyrrole nitrogens is 1. The van der Waals surface area contributed by atoms with E-state index >= 15 is 0 Å². The number of likely N-dealkylation sites (tertiary alicyclic amines) is 1. The molecule has 1 aliphatic heterocycles. The molecule has 2 aromatic carbocycles. The SMILES string of the molecule is Cc1c(Cl)cccc1NC(=O)CN1CCC(c2c[nH]c3ccccc23)CC1. The number of hydrogen-bond donors (Lipinski definition) is 2. The summed E-state index contributed by atoms with van der Waals surface area (Å²) in [4.78, 5) is 18.0. The van der Waals surface area contributed by atoms with Crippen LogP contribution in [-0.4, -0.2) is 35.4 Å². The van der Waals surface area contributed by atoms with Crippen LogP contribution in [0.25, 0.3) is 10.9 Å². The van der Waals surface area contributed by atoms with Gasteiger partial charge in [-0.1, -0.05) is 35.9 Å². The number of benzene rings is 2. The largest absolute Gasteiger partial charge is 0.361 e. The summed E-state index contributed by atoms with van der Waals surface area (Å²) in [5, 5.41) is 4.99. The van der Waals surface area contributed by atoms with Gasteiger partial charge in [0.25, 0.3) is 0 Å². The first-order valence-electron chi connectivity index (χ1n) is 9.45. The van der Waals surface area contributed by atoms with Crippen molar-refractivity contribution in [2.75, 3.05) is 25.0 Å². The number of amides is 1. The van der Waals surface area contributed by atoms with E-state index in [0.717, 1.165) is 37.2 Å². The van der Waals surface area contributed by atoms with Crippen molar-refractivity contribution in [2.45, 2.75) is 25.7 Å². The Morgan fingerprint density at radius 2 is 1.96 bits per heavy atom. The molecule has 1 aromatic heterocycles. The molecule has 5 heteroatoms. The molecular weight excluding hydrogens is 358 g/mol. The van der Waals surface area contributed by atoms with Gasteiger partial charge >= 0.3 is 0 Å². The second-order valence-electron chi connectivity index (χ2n) is 7.30. The van der Waals surface area contributed by atoms with Gasteiger partial charge in [0.05, 0.1) is 6.54 Å². The van der Waals surface area contributed by atoms with Crippen LogP contribution in [0.3, 0.4) is 0 Å². The van der Waals surface area contributed by atoms with Gasteiger partial charge < -0.3 is 10.3 Å². The normalized spacial score (nSPS) is 15.9. The van der Waals surface area contributed by atoms with Crippen molar-refractivity contribution < 1.29 is 4.79 Å². The van der Waals surface area contributed by atoms with Crippen molar-refractivity contribution in [3.05, 3.63) is 64.8 Å². The molecule has 2 heterocycles. The van der Waals surface area contributed by atoms with Crippen LogP contribution >= 0.6 is 11.6 Å². The molecule has 0 radical (unpaired) electrons. The highest BCUT2D eigenvalue weighted by Gasteiger charge is 2.24. The Kier molecular flexibility index (Phi) is 5.19. The number of rotatable bonds is 4. The van der Waals surface area contributed by atoms with E-state index in [4.69, 9.17) is 11.6 Å². The summed E-state index contributed by atoms with van der Waals surface area (Å²) in [6.07, 6.45) is 4.30. The maximum Gasteiger partial charge on any atom is 0.238 e. The summed E-state index contributed by atoms with van der Waals surface area (Å²) >= 11 is 6.13. The molecule has 1 amide bonds. The number of carbonyl (C=O) groups excluding carboxylic acids is 1. The third-order valence-electron chi connectivity index (χ3n) is 5.56. The fraction of sp³-hybridized carbons (Fsp3) is 0.318. The molecule has 3 aromatic rings. The van der Waals surface area contributed by atoms with E-state index < -0.39 is 0 Å². The number of anilines is 1. The van der Waals surface area contributed by atoms with Crippen molar-refractivity contribution >= 4 is 34.1 Å². The van der Waals surface area contributed by atoms with Gasteiger partial charge in [0.15, 0.2) is 0 Å². The number of nitrogens with one attached hydrogen (secondary N) is 2. The van der Waals surface area contributed by atoms with Crippen molar-refractivity contribution in [3.8, 4) is 0 Å². The van der Waals surface area contributed by atoms with Crippen LogP contribution < -0.4 is 5.32 Å². The Balaban J connectivity index is 1.34. The van der Waals surface area contributed by atoms with Gasteiger partial charge in [0.1, 0.15) is 0 Å². The van der Waals surface area contributed by atoms with Crippen molar-refractivity contribution in [1.29, 1.82) is 0 Å². The van der Waals surface area contributed by atoms with Gasteiger partial charge in [-0.15, -0.1) is 0 Å². The summed E-state index contributed by atoms with van der Waals surface area (Å²) in [6.45, 7) is 4.22. The van der Waals surface area contributed by atoms with E-state index in [9.17, 15) is 4.79 Å². The van der Waals surface area contributed by atoms with Crippen molar-refractivity contribution in [3.63, 3.8) is 0 Å². The lowest BCUT2D eigenvalue weighted by Crippen LogP contribution is -2.38. The number of aromatic nitrogens is 1. The molecule has 4 rings (SSSR count). The molecule has 0 bridgehead atoms. The Bertz CT molecular complexity index is 957. The van der Waals surface area contributed by atoms with Crippen LogP contribution in [0.5, 0.6) is 0 Å². The Morgan fingerprint density at radius 3 is 2.78 bits per heavy atom. The van der Waals surface area contributed by atoms with Crippen LogP contribution in [0.15, 0.2) is 48.7 Å². The van der Waals surface area contributed by atoms with E-state index in [1.165, 1.54) is 16.5 Å². The van der Waals surface area contributed by atoms with Crippen molar-refractivity contribution in [2.24, 2.45) is 0 Å². The Labute approximate surface area is 164 Å². The Morgan fingerprint density at radius 1 is 1.19 bits per heavy atom. The molecule has 1 saturated heterocycles. The Hall–Kier alpha value is -2.30. The quantitative estimate of drug-likeness (QED) is 0.671. The standard InChI is InChI=1S/C22H24ClN3O/c1-15-19(23)6-4-8-20(15)25-22(27)14-26-11-9-16(10-12-26)18-13-24-21-7-3-2-5-17(18)21/h2-8,13,16,24H,9-12,14H2,1H3,(H,25,27). The third-order valence-corrected chi connectivity index (χ3v) is 5.97. The van der Waals surface area contributed by atoms with E-state index in [-0.39, 0.29) is 5.91 Å². The van der Waals surface area contributed by atoms with E-state index in [0.29, 0.717) is 17.5 Å². The first-order valence-corrected chi connectivity index (χ1v) is 9.83. The topological polar surface area (TPSA) is 48.1 Å². The predicted octanol–water partition coefficient (Wildman–Crippen LogP) is 4.95. The fourth-order valence-electron chi connectivity index (χ4n) is 3.97. The first-order chi connectivity index (χ1) is 13.1.